The van der Waals surface area contributed by atoms with Gasteiger partial charge < -0.3 is 5.73 Å². The molecule has 0 bridgehead atoms. The van der Waals surface area contributed by atoms with Crippen molar-refractivity contribution in [1.82, 2.24) is 4.98 Å². The molecule has 0 unspecified atom stereocenters. The van der Waals surface area contributed by atoms with Crippen LogP contribution in [0.2, 0.25) is 0 Å². The van der Waals surface area contributed by atoms with Crippen LogP contribution in [0.3, 0.4) is 0 Å². The number of halogens is 2. The maximum Gasteiger partial charge on any atom is 0.142 e. The van der Waals surface area contributed by atoms with E-state index in [1.54, 1.807) is 42.5 Å². The molecule has 0 aliphatic heterocycles. The summed E-state index contributed by atoms with van der Waals surface area (Å²) in [5, 5.41) is 18.3. The third-order valence-electron chi connectivity index (χ3n) is 3.69. The summed E-state index contributed by atoms with van der Waals surface area (Å²) in [6, 6.07) is 17.0. The first-order chi connectivity index (χ1) is 12.0. The van der Waals surface area contributed by atoms with Crippen LogP contribution in [0, 0.1) is 28.5 Å². The second-order valence-corrected chi connectivity index (χ2v) is 6.16. The topological polar surface area (TPSA) is 86.5 Å². The fourth-order valence-corrected chi connectivity index (χ4v) is 2.80. The van der Waals surface area contributed by atoms with E-state index in [9.17, 15) is 9.65 Å². The Morgan fingerprint density at radius 1 is 0.960 bits per heavy atom. The van der Waals surface area contributed by atoms with Gasteiger partial charge in [0.15, 0.2) is 0 Å². The van der Waals surface area contributed by atoms with Gasteiger partial charge in [0.1, 0.15) is 23.3 Å². The lowest BCUT2D eigenvalue weighted by Gasteiger charge is -2.11. The summed E-state index contributed by atoms with van der Waals surface area (Å²) in [4.78, 5) is 4.24. The molecule has 0 radical (unpaired) electrons. The molecule has 3 aromatic rings. The molecule has 0 saturated carbocycles. The molecule has 3 rings (SSSR count). The standard InChI is InChI=1S/C19H10BrFN4/c20-13-5-6-14(17(21)7-13)15-8-18(25-19(24)16(15)10-23)12-3-1-11(9-22)2-4-12/h1-8H,(H2,24,25). The number of nitrogens with zero attached hydrogens (tertiary/aromatic N) is 3. The number of anilines is 1. The maximum absolute atomic E-state index is 14.4. The quantitative estimate of drug-likeness (QED) is 0.687. The number of benzene rings is 2. The van der Waals surface area contributed by atoms with E-state index in [0.717, 1.165) is 0 Å². The van der Waals surface area contributed by atoms with Gasteiger partial charge >= 0.3 is 0 Å². The fraction of sp³-hybridized carbons (Fsp3) is 0. The lowest BCUT2D eigenvalue weighted by Crippen LogP contribution is -2.00. The van der Waals surface area contributed by atoms with E-state index in [1.807, 2.05) is 12.1 Å². The molecule has 120 valence electrons. The first kappa shape index (κ1) is 16.6. The molecule has 1 aromatic heterocycles. The van der Waals surface area contributed by atoms with Gasteiger partial charge in [0.05, 0.1) is 17.3 Å². The van der Waals surface area contributed by atoms with E-state index in [4.69, 9.17) is 11.0 Å². The van der Waals surface area contributed by atoms with Gasteiger partial charge in [-0.15, -0.1) is 0 Å². The Labute approximate surface area is 152 Å². The summed E-state index contributed by atoms with van der Waals surface area (Å²) in [6.45, 7) is 0. The van der Waals surface area contributed by atoms with Gasteiger partial charge in [0.25, 0.3) is 0 Å². The highest BCUT2D eigenvalue weighted by Gasteiger charge is 2.16. The van der Waals surface area contributed by atoms with Crippen LogP contribution in [-0.2, 0) is 0 Å². The van der Waals surface area contributed by atoms with Crippen LogP contribution in [0.15, 0.2) is 53.0 Å². The van der Waals surface area contributed by atoms with Crippen molar-refractivity contribution in [2.24, 2.45) is 0 Å². The Morgan fingerprint density at radius 2 is 1.68 bits per heavy atom. The van der Waals surface area contributed by atoms with E-state index >= 15 is 0 Å². The Hall–Kier alpha value is -3.22. The van der Waals surface area contributed by atoms with Crippen molar-refractivity contribution in [2.75, 3.05) is 5.73 Å². The van der Waals surface area contributed by atoms with E-state index in [0.29, 0.717) is 26.9 Å². The van der Waals surface area contributed by atoms with Crippen molar-refractivity contribution in [2.45, 2.75) is 0 Å². The molecule has 2 N–H and O–H groups in total. The molecule has 0 fully saturated rings. The lowest BCUT2D eigenvalue weighted by molar-refractivity contribution is 0.630. The SMILES string of the molecule is N#Cc1ccc(-c2cc(-c3ccc(Br)cc3F)c(C#N)c(N)n2)cc1. The lowest BCUT2D eigenvalue weighted by atomic mass is 9.98. The number of hydrogen-bond acceptors (Lipinski definition) is 4. The summed E-state index contributed by atoms with van der Waals surface area (Å²) >= 11 is 3.22. The van der Waals surface area contributed by atoms with Gasteiger partial charge in [-0.1, -0.05) is 34.1 Å². The zero-order chi connectivity index (χ0) is 18.0. The highest BCUT2D eigenvalue weighted by Crippen LogP contribution is 2.33. The van der Waals surface area contributed by atoms with Gasteiger partial charge in [-0.05, 0) is 30.3 Å². The molecule has 1 heterocycles. The van der Waals surface area contributed by atoms with Gasteiger partial charge in [-0.3, -0.25) is 0 Å². The monoisotopic (exact) mass is 392 g/mol. The summed E-state index contributed by atoms with van der Waals surface area (Å²) in [5.74, 6) is -0.441. The smallest absolute Gasteiger partial charge is 0.142 e. The highest BCUT2D eigenvalue weighted by atomic mass is 79.9. The van der Waals surface area contributed by atoms with Crippen LogP contribution in [0.25, 0.3) is 22.4 Å². The normalized spacial score (nSPS) is 10.1. The Balaban J connectivity index is 2.22. The predicted molar refractivity (Wildman–Crippen MR) is 96.6 cm³/mol. The second kappa shape index (κ2) is 6.72. The number of hydrogen-bond donors (Lipinski definition) is 1. The number of nitrogens with two attached hydrogens (primary N) is 1. The number of nitrogen functional groups attached to an aromatic ring is 1. The summed E-state index contributed by atoms with van der Waals surface area (Å²) in [6.07, 6.45) is 0. The zero-order valence-corrected chi connectivity index (χ0v) is 14.4. The van der Waals surface area contributed by atoms with Crippen molar-refractivity contribution in [3.8, 4) is 34.5 Å². The molecule has 0 aliphatic carbocycles. The maximum atomic E-state index is 14.4. The first-order valence-corrected chi connectivity index (χ1v) is 7.99. The van der Waals surface area contributed by atoms with Crippen LogP contribution in [0.5, 0.6) is 0 Å². The summed E-state index contributed by atoms with van der Waals surface area (Å²) < 4.78 is 15.0. The minimum absolute atomic E-state index is 0.0293. The molecule has 6 heteroatoms. The summed E-state index contributed by atoms with van der Waals surface area (Å²) in [7, 11) is 0. The van der Waals surface area contributed by atoms with Crippen LogP contribution in [0.1, 0.15) is 11.1 Å². The highest BCUT2D eigenvalue weighted by molar-refractivity contribution is 9.10. The minimum Gasteiger partial charge on any atom is -0.383 e. The number of rotatable bonds is 2. The van der Waals surface area contributed by atoms with E-state index in [2.05, 4.69) is 20.9 Å². The van der Waals surface area contributed by atoms with E-state index < -0.39 is 5.82 Å². The third kappa shape index (κ3) is 3.21. The van der Waals surface area contributed by atoms with Gasteiger partial charge in [-0.25, -0.2) is 9.37 Å². The number of aromatic nitrogens is 1. The molecule has 0 saturated heterocycles. The molecule has 0 amide bonds. The van der Waals surface area contributed by atoms with E-state index in [-0.39, 0.29) is 16.9 Å². The third-order valence-corrected chi connectivity index (χ3v) is 4.18. The van der Waals surface area contributed by atoms with Gasteiger partial charge in [-0.2, -0.15) is 10.5 Å². The van der Waals surface area contributed by atoms with Crippen LogP contribution in [-0.4, -0.2) is 4.98 Å². The molecule has 0 spiro atoms. The molecule has 2 aromatic carbocycles. The number of nitriles is 2. The minimum atomic E-state index is -0.470. The first-order valence-electron chi connectivity index (χ1n) is 7.20. The second-order valence-electron chi connectivity index (χ2n) is 5.24. The molecule has 25 heavy (non-hydrogen) atoms. The van der Waals surface area contributed by atoms with Gasteiger partial charge in [0.2, 0.25) is 0 Å². The predicted octanol–water partition coefficient (Wildman–Crippen LogP) is 4.64. The average Bonchev–Trinajstić information content (AvgIpc) is 2.61. The molecule has 4 nitrogen and oxygen atoms in total. The van der Waals surface area contributed by atoms with Crippen molar-refractivity contribution < 1.29 is 4.39 Å². The fourth-order valence-electron chi connectivity index (χ4n) is 2.47. The Morgan fingerprint density at radius 3 is 2.28 bits per heavy atom. The zero-order valence-electron chi connectivity index (χ0n) is 12.8. The van der Waals surface area contributed by atoms with Crippen LogP contribution in [0.4, 0.5) is 10.2 Å². The molecular formula is C19H10BrFN4. The molecule has 0 atom stereocenters. The van der Waals surface area contributed by atoms with Crippen molar-refractivity contribution >= 4 is 21.7 Å². The Kier molecular flexibility index (Phi) is 4.47. The van der Waals surface area contributed by atoms with Crippen molar-refractivity contribution in [3.63, 3.8) is 0 Å². The van der Waals surface area contributed by atoms with Crippen LogP contribution >= 0.6 is 15.9 Å². The van der Waals surface area contributed by atoms with Gasteiger partial charge in [0, 0.05) is 21.2 Å². The number of pyridine rings is 1. The molecule has 0 aliphatic rings. The van der Waals surface area contributed by atoms with E-state index in [1.165, 1.54) is 6.07 Å². The summed E-state index contributed by atoms with van der Waals surface area (Å²) in [5.41, 5.74) is 8.42. The average molecular weight is 393 g/mol. The van der Waals surface area contributed by atoms with Crippen LogP contribution < -0.4 is 5.73 Å². The Bertz CT molecular complexity index is 1050. The van der Waals surface area contributed by atoms with Crippen molar-refractivity contribution in [3.05, 3.63) is 69.9 Å². The molecular weight excluding hydrogens is 383 g/mol. The largest absolute Gasteiger partial charge is 0.383 e. The van der Waals surface area contributed by atoms with Crippen molar-refractivity contribution in [1.29, 1.82) is 10.5 Å².